The zero-order chi connectivity index (χ0) is 30.5. The molecule has 0 saturated carbocycles. The third kappa shape index (κ3) is 5.00. The highest BCUT2D eigenvalue weighted by Crippen LogP contribution is 2.27. The second-order valence-electron chi connectivity index (χ2n) is 8.75. The highest BCUT2D eigenvalue weighted by Gasteiger charge is 2.45. The first kappa shape index (κ1) is 32.1. The van der Waals surface area contributed by atoms with Crippen molar-refractivity contribution in [1.82, 2.24) is 0 Å². The van der Waals surface area contributed by atoms with E-state index in [-0.39, 0.29) is 15.6 Å². The Hall–Kier alpha value is -3.11. The molecule has 0 radical (unpaired) electrons. The summed E-state index contributed by atoms with van der Waals surface area (Å²) in [5.74, 6) is -45.1. The Kier molecular flexibility index (Phi) is 9.20. The lowest BCUT2D eigenvalue weighted by Gasteiger charge is -2.40. The van der Waals surface area contributed by atoms with Crippen molar-refractivity contribution >= 4 is 31.3 Å². The van der Waals surface area contributed by atoms with E-state index in [4.69, 9.17) is 0 Å². The topological polar surface area (TPSA) is 0 Å². The molecule has 0 aliphatic heterocycles. The van der Waals surface area contributed by atoms with Crippen molar-refractivity contribution in [2.75, 3.05) is 0 Å². The smallest absolute Gasteiger partial charge is 0.207 e. The molecule has 0 nitrogen and oxygen atoms in total. The summed E-state index contributed by atoms with van der Waals surface area (Å²) in [5, 5.41) is 0. The van der Waals surface area contributed by atoms with Crippen LogP contribution in [0.25, 0.3) is 0 Å². The normalized spacial score (nSPS) is 11.5. The Bertz CT molecular complexity index is 1210. The fraction of sp³-hybridized carbons (Fsp3) is 0.182. The molecule has 212 valence electrons. The fourth-order valence-corrected chi connectivity index (χ4v) is 3.82. The minimum atomic E-state index is -5.41. The Morgan fingerprint density at radius 3 is 0.538 bits per heavy atom. The van der Waals surface area contributed by atoms with Crippen molar-refractivity contribution in [3.05, 3.63) is 87.3 Å². The number of halogens is 15. The molecule has 3 aromatic carbocycles. The van der Waals surface area contributed by atoms with E-state index < -0.39 is 110 Å². The zero-order valence-corrected chi connectivity index (χ0v) is 20.7. The summed E-state index contributed by atoms with van der Waals surface area (Å²) in [7, 11) is 0.120. The van der Waals surface area contributed by atoms with Crippen molar-refractivity contribution in [1.29, 1.82) is 0 Å². The van der Waals surface area contributed by atoms with Gasteiger partial charge < -0.3 is 0 Å². The number of rotatable bonds is 3. The SMILES string of the molecule is C[B-](c1c(F)c(F)c(F)c(F)c1F)(c1c(F)c(F)c(F)c(F)c1F)c1c(F)c(F)c(F)c(F)c1F.C[Si+](C)C. The van der Waals surface area contributed by atoms with Gasteiger partial charge >= 0.3 is 8.80 Å². The summed E-state index contributed by atoms with van der Waals surface area (Å²) < 4.78 is 212. The van der Waals surface area contributed by atoms with E-state index in [9.17, 15) is 65.9 Å². The maximum Gasteiger partial charge on any atom is 0.304 e. The molecule has 39 heavy (non-hydrogen) atoms. The summed E-state index contributed by atoms with van der Waals surface area (Å²) in [6.07, 6.45) is -5.41. The summed E-state index contributed by atoms with van der Waals surface area (Å²) in [5.41, 5.74) is -7.89. The quantitative estimate of drug-likeness (QED) is 0.145. The van der Waals surface area contributed by atoms with Crippen molar-refractivity contribution in [2.45, 2.75) is 26.5 Å². The van der Waals surface area contributed by atoms with Crippen LogP contribution < -0.4 is 16.4 Å². The molecular weight excluding hydrogens is 588 g/mol. The second kappa shape index (κ2) is 11.2. The van der Waals surface area contributed by atoms with Gasteiger partial charge in [-0.15, -0.1) is 16.4 Å². The van der Waals surface area contributed by atoms with Gasteiger partial charge in [-0.2, -0.15) is 6.82 Å². The molecule has 0 spiro atoms. The highest BCUT2D eigenvalue weighted by molar-refractivity contribution is 7.11. The van der Waals surface area contributed by atoms with Crippen LogP contribution in [0.4, 0.5) is 65.9 Å². The first-order chi connectivity index (χ1) is 17.8. The Balaban J connectivity index is 0.00000124. The van der Waals surface area contributed by atoms with Crippen LogP contribution in [0.5, 0.6) is 0 Å². The average molecular weight is 600 g/mol. The van der Waals surface area contributed by atoms with Gasteiger partial charge in [-0.05, 0) is 0 Å². The second-order valence-corrected chi connectivity index (χ2v) is 11.7. The molecule has 0 atom stereocenters. The number of benzene rings is 3. The van der Waals surface area contributed by atoms with Gasteiger partial charge in [0.1, 0.15) is 41.0 Å². The van der Waals surface area contributed by atoms with E-state index >= 15 is 0 Å². The van der Waals surface area contributed by atoms with Gasteiger partial charge in [0.2, 0.25) is 0 Å². The van der Waals surface area contributed by atoms with E-state index in [2.05, 4.69) is 19.6 Å². The van der Waals surface area contributed by atoms with Gasteiger partial charge in [-0.1, -0.05) is 0 Å². The van der Waals surface area contributed by atoms with Gasteiger partial charge in [0, 0.05) is 0 Å². The molecule has 0 bridgehead atoms. The molecule has 0 amide bonds. The Morgan fingerprint density at radius 1 is 0.308 bits per heavy atom. The van der Waals surface area contributed by atoms with E-state index in [0.29, 0.717) is 0 Å². The van der Waals surface area contributed by atoms with E-state index in [0.717, 1.165) is 0 Å². The van der Waals surface area contributed by atoms with Crippen molar-refractivity contribution in [3.63, 3.8) is 0 Å². The van der Waals surface area contributed by atoms with Gasteiger partial charge in [0.05, 0.1) is 19.6 Å². The maximum absolute atomic E-state index is 14.6. The van der Waals surface area contributed by atoms with E-state index in [1.807, 2.05) is 0 Å². The minimum Gasteiger partial charge on any atom is -0.207 e. The minimum absolute atomic E-state index is 0.120. The third-order valence-electron chi connectivity index (χ3n) is 5.46. The van der Waals surface area contributed by atoms with E-state index in [1.54, 1.807) is 0 Å². The molecule has 0 fully saturated rings. The largest absolute Gasteiger partial charge is 0.304 e. The molecule has 3 rings (SSSR count). The number of hydrogen-bond acceptors (Lipinski definition) is 0. The zero-order valence-electron chi connectivity index (χ0n) is 19.7. The van der Waals surface area contributed by atoms with Crippen LogP contribution in [-0.2, 0) is 0 Å². The molecular formula is C22H12BF15Si. The summed E-state index contributed by atoms with van der Waals surface area (Å²) in [4.78, 5) is 0. The highest BCUT2D eigenvalue weighted by atomic mass is 28.3. The van der Waals surface area contributed by atoms with Crippen LogP contribution in [0.3, 0.4) is 0 Å². The monoisotopic (exact) mass is 600 g/mol. The van der Waals surface area contributed by atoms with Crippen LogP contribution in [0.15, 0.2) is 0 Å². The molecule has 0 aliphatic carbocycles. The molecule has 0 aliphatic rings. The molecule has 0 aromatic heterocycles. The molecule has 17 heteroatoms. The van der Waals surface area contributed by atoms with Crippen LogP contribution in [0, 0.1) is 87.3 Å². The third-order valence-corrected chi connectivity index (χ3v) is 5.46. The standard InChI is InChI=1S/C19H3BF15.C3H9Si/c1-20(2-5(21)11(27)17(33)12(28)6(2)22,3-7(23)13(29)18(34)14(30)8(3)24)4-9(25)15(31)19(35)16(32)10(4)26;1-4(2)3/h1H3;1-3H3/q-1;+1. The first-order valence-electron chi connectivity index (χ1n) is 10.3. The van der Waals surface area contributed by atoms with Crippen LogP contribution in [-0.4, -0.2) is 14.9 Å². The van der Waals surface area contributed by atoms with Gasteiger partial charge in [-0.3, -0.25) is 0 Å². The van der Waals surface area contributed by atoms with Gasteiger partial charge in [-0.25, -0.2) is 65.9 Å². The van der Waals surface area contributed by atoms with Crippen molar-refractivity contribution < 1.29 is 65.9 Å². The molecule has 0 heterocycles. The summed E-state index contributed by atoms with van der Waals surface area (Å²) >= 11 is 0. The molecule has 0 N–H and O–H groups in total. The summed E-state index contributed by atoms with van der Waals surface area (Å²) in [6.45, 7) is 6.59. The van der Waals surface area contributed by atoms with Crippen molar-refractivity contribution in [3.8, 4) is 0 Å². The lowest BCUT2D eigenvalue weighted by molar-refractivity contribution is 0.379. The summed E-state index contributed by atoms with van der Waals surface area (Å²) in [6, 6.07) is 0. The lowest BCUT2D eigenvalue weighted by atomic mass is 9.16. The van der Waals surface area contributed by atoms with Crippen LogP contribution >= 0.6 is 0 Å². The Morgan fingerprint density at radius 2 is 0.410 bits per heavy atom. The fourth-order valence-electron chi connectivity index (χ4n) is 3.82. The van der Waals surface area contributed by atoms with Crippen LogP contribution in [0.2, 0.25) is 26.5 Å². The van der Waals surface area contributed by atoms with E-state index in [1.165, 1.54) is 0 Å². The van der Waals surface area contributed by atoms with Crippen molar-refractivity contribution in [2.24, 2.45) is 0 Å². The molecule has 0 saturated heterocycles. The predicted octanol–water partition coefficient (Wildman–Crippen LogP) is 6.24. The first-order valence-corrected chi connectivity index (χ1v) is 13.3. The average Bonchev–Trinajstić information content (AvgIpc) is 2.86. The van der Waals surface area contributed by atoms with Gasteiger partial charge in [0.15, 0.2) is 52.4 Å². The van der Waals surface area contributed by atoms with Crippen LogP contribution in [0.1, 0.15) is 0 Å². The molecule has 3 aromatic rings. The lowest BCUT2D eigenvalue weighted by Crippen LogP contribution is -2.71. The van der Waals surface area contributed by atoms with Gasteiger partial charge in [0.25, 0.3) is 0 Å². The predicted molar refractivity (Wildman–Crippen MR) is 113 cm³/mol. The maximum atomic E-state index is 14.6. The Labute approximate surface area is 211 Å². The molecule has 0 unspecified atom stereocenters. The number of hydrogen-bond donors (Lipinski definition) is 0.